The van der Waals surface area contributed by atoms with E-state index in [2.05, 4.69) is 20.9 Å². The SMILES string of the molecule is Cn1cc(-n2cccnc2=O)c2ccc(Br)cc21. The molecule has 2 aromatic heterocycles. The number of rotatable bonds is 1. The van der Waals surface area contributed by atoms with Gasteiger partial charge in [0.05, 0.1) is 11.2 Å². The summed E-state index contributed by atoms with van der Waals surface area (Å²) in [6, 6.07) is 7.74. The van der Waals surface area contributed by atoms with E-state index >= 15 is 0 Å². The highest BCUT2D eigenvalue weighted by Gasteiger charge is 2.09. The van der Waals surface area contributed by atoms with Gasteiger partial charge in [-0.25, -0.2) is 9.78 Å². The standard InChI is InChI=1S/C13H10BrN3O/c1-16-8-12(17-6-2-5-15-13(17)18)10-4-3-9(14)7-11(10)16/h2-8H,1H3. The first kappa shape index (κ1) is 11.2. The number of fused-ring (bicyclic) bond motifs is 1. The van der Waals surface area contributed by atoms with Crippen molar-refractivity contribution in [1.82, 2.24) is 14.1 Å². The van der Waals surface area contributed by atoms with Gasteiger partial charge in [0.15, 0.2) is 0 Å². The molecule has 0 saturated carbocycles. The normalized spacial score (nSPS) is 11.0. The topological polar surface area (TPSA) is 39.8 Å². The lowest BCUT2D eigenvalue weighted by atomic mass is 10.2. The first-order chi connectivity index (χ1) is 8.66. The quantitative estimate of drug-likeness (QED) is 0.693. The first-order valence-electron chi connectivity index (χ1n) is 5.45. The van der Waals surface area contributed by atoms with E-state index < -0.39 is 0 Å². The maximum absolute atomic E-state index is 11.8. The van der Waals surface area contributed by atoms with Crippen LogP contribution in [0.4, 0.5) is 0 Å². The van der Waals surface area contributed by atoms with Crippen molar-refractivity contribution in [2.75, 3.05) is 0 Å². The van der Waals surface area contributed by atoms with Gasteiger partial charge in [0, 0.05) is 35.5 Å². The van der Waals surface area contributed by atoms with Crippen molar-refractivity contribution in [3.63, 3.8) is 0 Å². The van der Waals surface area contributed by atoms with E-state index in [9.17, 15) is 4.79 Å². The molecule has 1 aromatic carbocycles. The first-order valence-corrected chi connectivity index (χ1v) is 6.25. The number of hydrogen-bond acceptors (Lipinski definition) is 2. The van der Waals surface area contributed by atoms with E-state index in [0.717, 1.165) is 21.1 Å². The van der Waals surface area contributed by atoms with Crippen molar-refractivity contribution in [3.05, 3.63) is 57.8 Å². The lowest BCUT2D eigenvalue weighted by Gasteiger charge is -2.01. The van der Waals surface area contributed by atoms with Gasteiger partial charge < -0.3 is 4.57 Å². The van der Waals surface area contributed by atoms with Gasteiger partial charge in [0.1, 0.15) is 0 Å². The van der Waals surface area contributed by atoms with Crippen molar-refractivity contribution in [2.24, 2.45) is 7.05 Å². The number of hydrogen-bond donors (Lipinski definition) is 0. The highest BCUT2D eigenvalue weighted by molar-refractivity contribution is 9.10. The van der Waals surface area contributed by atoms with Crippen LogP contribution in [0.15, 0.2) is 52.1 Å². The van der Waals surface area contributed by atoms with Gasteiger partial charge in [-0.1, -0.05) is 15.9 Å². The number of benzene rings is 1. The summed E-state index contributed by atoms with van der Waals surface area (Å²) in [5, 5.41) is 1.02. The minimum atomic E-state index is -0.270. The lowest BCUT2D eigenvalue weighted by molar-refractivity contribution is 0.899. The number of aromatic nitrogens is 3. The predicted molar refractivity (Wildman–Crippen MR) is 74.0 cm³/mol. The van der Waals surface area contributed by atoms with Gasteiger partial charge in [-0.3, -0.25) is 4.57 Å². The van der Waals surface area contributed by atoms with E-state index in [1.165, 1.54) is 6.20 Å². The van der Waals surface area contributed by atoms with Gasteiger partial charge >= 0.3 is 5.69 Å². The van der Waals surface area contributed by atoms with Crippen LogP contribution in [0.25, 0.3) is 16.6 Å². The Kier molecular flexibility index (Phi) is 2.56. The molecule has 0 atom stereocenters. The summed E-state index contributed by atoms with van der Waals surface area (Å²) in [4.78, 5) is 15.6. The fraction of sp³-hybridized carbons (Fsp3) is 0.0769. The van der Waals surface area contributed by atoms with Crippen LogP contribution in [-0.2, 0) is 7.05 Å². The second-order valence-electron chi connectivity index (χ2n) is 4.06. The fourth-order valence-corrected chi connectivity index (χ4v) is 2.42. The van der Waals surface area contributed by atoms with Crippen LogP contribution in [-0.4, -0.2) is 14.1 Å². The van der Waals surface area contributed by atoms with E-state index in [4.69, 9.17) is 0 Å². The lowest BCUT2D eigenvalue weighted by Crippen LogP contribution is -2.19. The molecule has 0 fully saturated rings. The maximum Gasteiger partial charge on any atom is 0.352 e. The third-order valence-electron chi connectivity index (χ3n) is 2.90. The van der Waals surface area contributed by atoms with Gasteiger partial charge in [-0.15, -0.1) is 0 Å². The average molecular weight is 304 g/mol. The molecule has 90 valence electrons. The molecule has 0 aliphatic carbocycles. The van der Waals surface area contributed by atoms with E-state index in [1.807, 2.05) is 36.0 Å². The fourth-order valence-electron chi connectivity index (χ4n) is 2.07. The van der Waals surface area contributed by atoms with Crippen molar-refractivity contribution in [1.29, 1.82) is 0 Å². The molecular formula is C13H10BrN3O. The zero-order valence-corrected chi connectivity index (χ0v) is 11.3. The predicted octanol–water partition coefficient (Wildman–Crippen LogP) is 2.49. The van der Waals surface area contributed by atoms with E-state index in [1.54, 1.807) is 16.8 Å². The van der Waals surface area contributed by atoms with Crippen molar-refractivity contribution in [2.45, 2.75) is 0 Å². The Morgan fingerprint density at radius 3 is 2.94 bits per heavy atom. The molecule has 0 N–H and O–H groups in total. The molecule has 4 nitrogen and oxygen atoms in total. The molecule has 0 saturated heterocycles. The van der Waals surface area contributed by atoms with Crippen molar-refractivity contribution in [3.8, 4) is 5.69 Å². The second-order valence-corrected chi connectivity index (χ2v) is 4.97. The Balaban J connectivity index is 2.38. The molecule has 3 aromatic rings. The number of aryl methyl sites for hydroxylation is 1. The summed E-state index contributed by atoms with van der Waals surface area (Å²) >= 11 is 3.45. The molecule has 0 radical (unpaired) electrons. The third-order valence-corrected chi connectivity index (χ3v) is 3.40. The monoisotopic (exact) mass is 303 g/mol. The van der Waals surface area contributed by atoms with Crippen LogP contribution < -0.4 is 5.69 Å². The average Bonchev–Trinajstić information content (AvgIpc) is 2.67. The van der Waals surface area contributed by atoms with Crippen LogP contribution in [0.3, 0.4) is 0 Å². The van der Waals surface area contributed by atoms with Gasteiger partial charge in [-0.2, -0.15) is 0 Å². The van der Waals surface area contributed by atoms with Crippen LogP contribution in [0, 0.1) is 0 Å². The molecule has 18 heavy (non-hydrogen) atoms. The van der Waals surface area contributed by atoms with Gasteiger partial charge in [0.25, 0.3) is 0 Å². The van der Waals surface area contributed by atoms with Crippen LogP contribution >= 0.6 is 15.9 Å². The zero-order valence-electron chi connectivity index (χ0n) is 9.67. The Morgan fingerprint density at radius 1 is 1.33 bits per heavy atom. The summed E-state index contributed by atoms with van der Waals surface area (Å²) in [5.41, 5.74) is 1.64. The molecule has 0 aliphatic heterocycles. The Labute approximate surface area is 112 Å². The number of halogens is 1. The molecular weight excluding hydrogens is 294 g/mol. The molecule has 0 bridgehead atoms. The second kappa shape index (κ2) is 4.10. The zero-order chi connectivity index (χ0) is 12.7. The summed E-state index contributed by atoms with van der Waals surface area (Å²) in [5.74, 6) is 0. The molecule has 0 unspecified atom stereocenters. The Hall–Kier alpha value is -1.88. The summed E-state index contributed by atoms with van der Waals surface area (Å²) in [6.07, 6.45) is 5.16. The molecule has 2 heterocycles. The minimum Gasteiger partial charge on any atom is -0.348 e. The minimum absolute atomic E-state index is 0.270. The molecule has 0 aliphatic rings. The molecule has 5 heteroatoms. The van der Waals surface area contributed by atoms with Gasteiger partial charge in [0.2, 0.25) is 0 Å². The maximum atomic E-state index is 11.8. The van der Waals surface area contributed by atoms with Crippen molar-refractivity contribution < 1.29 is 0 Å². The number of nitrogens with zero attached hydrogens (tertiary/aromatic N) is 3. The highest BCUT2D eigenvalue weighted by Crippen LogP contribution is 2.26. The van der Waals surface area contributed by atoms with E-state index in [0.29, 0.717) is 0 Å². The van der Waals surface area contributed by atoms with Gasteiger partial charge in [-0.05, 0) is 24.3 Å². The third kappa shape index (κ3) is 1.67. The molecule has 3 rings (SSSR count). The van der Waals surface area contributed by atoms with Crippen LogP contribution in [0.2, 0.25) is 0 Å². The summed E-state index contributed by atoms with van der Waals surface area (Å²) in [6.45, 7) is 0. The molecule has 0 spiro atoms. The highest BCUT2D eigenvalue weighted by atomic mass is 79.9. The molecule has 0 amide bonds. The van der Waals surface area contributed by atoms with E-state index in [-0.39, 0.29) is 5.69 Å². The van der Waals surface area contributed by atoms with Crippen LogP contribution in [0.1, 0.15) is 0 Å². The van der Waals surface area contributed by atoms with Crippen LogP contribution in [0.5, 0.6) is 0 Å². The largest absolute Gasteiger partial charge is 0.352 e. The summed E-state index contributed by atoms with van der Waals surface area (Å²) in [7, 11) is 1.96. The van der Waals surface area contributed by atoms with Crippen molar-refractivity contribution >= 4 is 26.8 Å². The Morgan fingerprint density at radius 2 is 2.17 bits per heavy atom. The smallest absolute Gasteiger partial charge is 0.348 e. The Bertz CT molecular complexity index is 788. The summed E-state index contributed by atoms with van der Waals surface area (Å²) < 4.78 is 4.56.